The second kappa shape index (κ2) is 8.07. The molecule has 0 fully saturated rings. The largest absolute Gasteiger partial charge is 0.416 e. The Balaban J connectivity index is 3.13. The molecule has 0 bridgehead atoms. The number of rotatable bonds is 6. The molecule has 0 unspecified atom stereocenters. The van der Waals surface area contributed by atoms with Crippen LogP contribution in [0.4, 0.5) is 13.2 Å². The van der Waals surface area contributed by atoms with E-state index in [1.165, 1.54) is 17.0 Å². The summed E-state index contributed by atoms with van der Waals surface area (Å²) in [6, 6.07) is 2.69. The van der Waals surface area contributed by atoms with Crippen molar-refractivity contribution in [3.8, 4) is 0 Å². The van der Waals surface area contributed by atoms with Crippen molar-refractivity contribution in [3.63, 3.8) is 0 Å². The molecule has 0 aliphatic carbocycles. The van der Waals surface area contributed by atoms with E-state index in [1.807, 2.05) is 20.8 Å². The molecule has 0 heterocycles. The van der Waals surface area contributed by atoms with Gasteiger partial charge in [-0.1, -0.05) is 32.9 Å². The number of nitrogens with two attached hydrogens (primary N) is 1. The van der Waals surface area contributed by atoms with Gasteiger partial charge < -0.3 is 11.1 Å². The molecule has 0 aliphatic rings. The van der Waals surface area contributed by atoms with Crippen LogP contribution in [0.1, 0.15) is 44.4 Å². The molecule has 1 aromatic rings. The first-order valence-electron chi connectivity index (χ1n) is 8.15. The molecule has 2 amide bonds. The highest BCUT2D eigenvalue weighted by atomic mass is 19.4. The zero-order chi connectivity index (χ0) is 20.3. The molecule has 26 heavy (non-hydrogen) atoms. The molecule has 5 nitrogen and oxygen atoms in total. The summed E-state index contributed by atoms with van der Waals surface area (Å²) in [7, 11) is 3.15. The summed E-state index contributed by atoms with van der Waals surface area (Å²) in [5.41, 5.74) is 4.45. The summed E-state index contributed by atoms with van der Waals surface area (Å²) in [5.74, 6) is -1.27. The molecule has 0 aromatic heterocycles. The van der Waals surface area contributed by atoms with Crippen LogP contribution in [-0.2, 0) is 15.8 Å². The van der Waals surface area contributed by atoms with Crippen LogP contribution in [0.25, 0.3) is 0 Å². The molecular formula is C18H26F3N3O2. The number of nitrogens with zero attached hydrogens (tertiary/aromatic N) is 1. The van der Waals surface area contributed by atoms with Crippen molar-refractivity contribution in [2.75, 3.05) is 14.1 Å². The van der Waals surface area contributed by atoms with Gasteiger partial charge >= 0.3 is 6.18 Å². The number of nitrogens with one attached hydrogen (secondary N) is 1. The maximum absolute atomic E-state index is 13.0. The van der Waals surface area contributed by atoms with E-state index in [1.54, 1.807) is 14.1 Å². The second-order valence-electron chi connectivity index (χ2n) is 7.72. The minimum Gasteiger partial charge on any atom is -0.368 e. The summed E-state index contributed by atoms with van der Waals surface area (Å²) in [6.45, 7) is 5.68. The van der Waals surface area contributed by atoms with Crippen LogP contribution in [0.3, 0.4) is 0 Å². The number of hydrogen-bond acceptors (Lipinski definition) is 3. The summed E-state index contributed by atoms with van der Waals surface area (Å²) in [5, 5.41) is 2.57. The zero-order valence-electron chi connectivity index (χ0n) is 15.6. The Morgan fingerprint density at radius 3 is 2.19 bits per heavy atom. The first-order valence-corrected chi connectivity index (χ1v) is 8.15. The molecule has 8 heteroatoms. The third-order valence-electron chi connectivity index (χ3n) is 3.77. The van der Waals surface area contributed by atoms with E-state index in [2.05, 4.69) is 5.32 Å². The van der Waals surface area contributed by atoms with E-state index >= 15 is 0 Å². The summed E-state index contributed by atoms with van der Waals surface area (Å²) in [4.78, 5) is 25.9. The number of likely N-dealkylation sites (N-methyl/N-ethyl adjacent to an activating group) is 1. The van der Waals surface area contributed by atoms with Gasteiger partial charge in [0.25, 0.3) is 0 Å². The van der Waals surface area contributed by atoms with E-state index in [0.717, 1.165) is 12.1 Å². The van der Waals surface area contributed by atoms with Crippen molar-refractivity contribution in [3.05, 3.63) is 35.4 Å². The topological polar surface area (TPSA) is 75.4 Å². The molecule has 2 atom stereocenters. The number of amides is 2. The van der Waals surface area contributed by atoms with E-state index < -0.39 is 35.6 Å². The third-order valence-corrected chi connectivity index (χ3v) is 3.77. The van der Waals surface area contributed by atoms with Gasteiger partial charge in [0.15, 0.2) is 0 Å². The Morgan fingerprint density at radius 2 is 1.77 bits per heavy atom. The Hall–Kier alpha value is -2.09. The van der Waals surface area contributed by atoms with E-state index in [4.69, 9.17) is 5.73 Å². The molecule has 0 radical (unpaired) electrons. The normalized spacial score (nSPS) is 14.8. The fourth-order valence-corrected chi connectivity index (χ4v) is 2.65. The van der Waals surface area contributed by atoms with Gasteiger partial charge in [0.05, 0.1) is 5.56 Å². The van der Waals surface area contributed by atoms with Crippen molar-refractivity contribution in [2.45, 2.75) is 45.5 Å². The maximum Gasteiger partial charge on any atom is 0.416 e. The quantitative estimate of drug-likeness (QED) is 0.805. The minimum atomic E-state index is -4.51. The molecule has 3 N–H and O–H groups in total. The second-order valence-corrected chi connectivity index (χ2v) is 7.72. The van der Waals surface area contributed by atoms with Crippen LogP contribution < -0.4 is 11.1 Å². The maximum atomic E-state index is 13.0. The van der Waals surface area contributed by atoms with Crippen LogP contribution in [0.15, 0.2) is 24.3 Å². The molecular weight excluding hydrogens is 347 g/mol. The van der Waals surface area contributed by atoms with Gasteiger partial charge in [0.2, 0.25) is 11.8 Å². The fourth-order valence-electron chi connectivity index (χ4n) is 2.65. The third kappa shape index (κ3) is 6.33. The average Bonchev–Trinajstić information content (AvgIpc) is 2.44. The number of carbonyl (C=O) groups excluding carboxylic acids is 2. The van der Waals surface area contributed by atoms with Crippen LogP contribution in [0.2, 0.25) is 0 Å². The Bertz CT molecular complexity index is 652. The van der Waals surface area contributed by atoms with Crippen molar-refractivity contribution in [1.82, 2.24) is 10.2 Å². The van der Waals surface area contributed by atoms with E-state index in [0.29, 0.717) is 6.42 Å². The fraction of sp³-hybridized carbons (Fsp3) is 0.556. The summed E-state index contributed by atoms with van der Waals surface area (Å²) < 4.78 is 38.9. The van der Waals surface area contributed by atoms with Crippen LogP contribution in [0.5, 0.6) is 0 Å². The molecule has 146 valence electrons. The molecule has 0 saturated carbocycles. The number of primary amides is 1. The van der Waals surface area contributed by atoms with Gasteiger partial charge in [-0.25, -0.2) is 0 Å². The lowest BCUT2D eigenvalue weighted by Crippen LogP contribution is -2.49. The van der Waals surface area contributed by atoms with Gasteiger partial charge in [-0.15, -0.1) is 0 Å². The lowest BCUT2D eigenvalue weighted by Gasteiger charge is -2.29. The zero-order valence-corrected chi connectivity index (χ0v) is 15.6. The smallest absolute Gasteiger partial charge is 0.368 e. The van der Waals surface area contributed by atoms with Crippen LogP contribution in [-0.4, -0.2) is 36.9 Å². The Labute approximate surface area is 151 Å². The van der Waals surface area contributed by atoms with Crippen molar-refractivity contribution >= 4 is 11.8 Å². The van der Waals surface area contributed by atoms with E-state index in [-0.39, 0.29) is 11.0 Å². The van der Waals surface area contributed by atoms with Crippen molar-refractivity contribution in [1.29, 1.82) is 0 Å². The predicted molar refractivity (Wildman–Crippen MR) is 93.1 cm³/mol. The highest BCUT2D eigenvalue weighted by Gasteiger charge is 2.33. The van der Waals surface area contributed by atoms with Gasteiger partial charge in [0.1, 0.15) is 12.1 Å². The lowest BCUT2D eigenvalue weighted by atomic mass is 9.87. The average molecular weight is 373 g/mol. The molecule has 1 aromatic carbocycles. The first-order chi connectivity index (χ1) is 11.7. The predicted octanol–water partition coefficient (Wildman–Crippen LogP) is 2.71. The number of carbonyl (C=O) groups is 2. The van der Waals surface area contributed by atoms with Crippen LogP contribution >= 0.6 is 0 Å². The van der Waals surface area contributed by atoms with Crippen molar-refractivity contribution in [2.24, 2.45) is 11.1 Å². The van der Waals surface area contributed by atoms with Crippen molar-refractivity contribution < 1.29 is 22.8 Å². The SMILES string of the molecule is CN(C)[C@@H](C(=O)N[C@@H](CC(C)(C)C)C(N)=O)c1cccc(C(F)(F)F)c1. The molecule has 1 rings (SSSR count). The highest BCUT2D eigenvalue weighted by molar-refractivity contribution is 5.89. The number of alkyl halides is 3. The lowest BCUT2D eigenvalue weighted by molar-refractivity contribution is -0.138. The number of benzene rings is 1. The number of halogens is 3. The monoisotopic (exact) mass is 373 g/mol. The first kappa shape index (κ1) is 22.0. The van der Waals surface area contributed by atoms with E-state index in [9.17, 15) is 22.8 Å². The summed E-state index contributed by atoms with van der Waals surface area (Å²) >= 11 is 0. The Morgan fingerprint density at radius 1 is 1.19 bits per heavy atom. The van der Waals surface area contributed by atoms with Gasteiger partial charge in [-0.05, 0) is 43.6 Å². The molecule has 0 aliphatic heterocycles. The summed E-state index contributed by atoms with van der Waals surface area (Å²) in [6.07, 6.45) is -4.19. The van der Waals surface area contributed by atoms with Crippen LogP contribution in [0, 0.1) is 5.41 Å². The molecule has 0 spiro atoms. The Kier molecular flexibility index (Phi) is 6.82. The van der Waals surface area contributed by atoms with Gasteiger partial charge in [-0.2, -0.15) is 13.2 Å². The van der Waals surface area contributed by atoms with Gasteiger partial charge in [-0.3, -0.25) is 14.5 Å². The highest BCUT2D eigenvalue weighted by Crippen LogP contribution is 2.31. The number of hydrogen-bond donors (Lipinski definition) is 2. The minimum absolute atomic E-state index is 0.182. The standard InChI is InChI=1S/C18H26F3N3O2/c1-17(2,3)10-13(15(22)25)23-16(26)14(24(4)5)11-7-6-8-12(9-11)18(19,20)21/h6-9,13-14H,10H2,1-5H3,(H2,22,25)(H,23,26)/t13-,14+/m0/s1. The molecule has 0 saturated heterocycles. The van der Waals surface area contributed by atoms with Gasteiger partial charge in [0, 0.05) is 0 Å².